The van der Waals surface area contributed by atoms with Gasteiger partial charge in [-0.15, -0.1) is 0 Å². The fourth-order valence-electron chi connectivity index (χ4n) is 9.16. The molecular weight excluding hydrogens is 815 g/mol. The van der Waals surface area contributed by atoms with Gasteiger partial charge in [-0.2, -0.15) is 0 Å². The summed E-state index contributed by atoms with van der Waals surface area (Å²) in [6.07, 6.45) is 0. The van der Waals surface area contributed by atoms with Crippen LogP contribution in [0.2, 0.25) is 0 Å². The quantitative estimate of drug-likeness (QED) is 0.145. The zero-order valence-corrected chi connectivity index (χ0v) is 36.4. The van der Waals surface area contributed by atoms with Gasteiger partial charge in [0.1, 0.15) is 11.2 Å². The summed E-state index contributed by atoms with van der Waals surface area (Å²) in [5, 5.41) is 1.96. The molecule has 0 spiro atoms. The van der Waals surface area contributed by atoms with E-state index in [1.54, 1.807) is 0 Å². The molecule has 0 N–H and O–H groups in total. The Morgan fingerprint density at radius 3 is 1.19 bits per heavy atom. The van der Waals surface area contributed by atoms with E-state index in [0.29, 0.717) is 17.5 Å². The lowest BCUT2D eigenvalue weighted by Crippen LogP contribution is -2.01. The van der Waals surface area contributed by atoms with Gasteiger partial charge in [0, 0.05) is 33.0 Å². The monoisotopic (exact) mass is 855 g/mol. The van der Waals surface area contributed by atoms with Crippen LogP contribution in [0.5, 0.6) is 0 Å². The van der Waals surface area contributed by atoms with Gasteiger partial charge in [0.15, 0.2) is 17.5 Å². The van der Waals surface area contributed by atoms with Crippen LogP contribution in [0.3, 0.4) is 0 Å². The SMILES string of the molecule is c1ccc(-c2ccc(-c3cccc4c3oc3cccc(-c5nc(-c6ccc(-c7cccc(-c8ccccc8)c7)cc6)nc(-c6cc(-c7ccccc7)cc(-c7ccccc7)c6)n5)c34)cc2)cc1. The molecule has 314 valence electrons. The van der Waals surface area contributed by atoms with E-state index >= 15 is 0 Å². The zero-order chi connectivity index (χ0) is 44.5. The van der Waals surface area contributed by atoms with Crippen LogP contribution in [0.15, 0.2) is 253 Å². The molecule has 0 fully saturated rings. The Balaban J connectivity index is 1.02. The Kier molecular flexibility index (Phi) is 10.2. The molecule has 0 aliphatic carbocycles. The number of hydrogen-bond donors (Lipinski definition) is 0. The molecule has 0 radical (unpaired) electrons. The molecule has 0 saturated heterocycles. The van der Waals surface area contributed by atoms with Gasteiger partial charge in [0.2, 0.25) is 0 Å². The van der Waals surface area contributed by atoms with Gasteiger partial charge < -0.3 is 4.42 Å². The number of nitrogens with zero attached hydrogens (tertiary/aromatic N) is 3. The molecule has 4 heteroatoms. The average Bonchev–Trinajstić information content (AvgIpc) is 3.81. The Morgan fingerprint density at radius 2 is 0.612 bits per heavy atom. The van der Waals surface area contributed by atoms with Crippen molar-refractivity contribution in [3.05, 3.63) is 249 Å². The molecule has 67 heavy (non-hydrogen) atoms. The van der Waals surface area contributed by atoms with Gasteiger partial charge >= 0.3 is 0 Å². The molecule has 0 bridgehead atoms. The van der Waals surface area contributed by atoms with Crippen LogP contribution in [0.4, 0.5) is 0 Å². The molecule has 0 saturated carbocycles. The van der Waals surface area contributed by atoms with Crippen LogP contribution in [0.1, 0.15) is 0 Å². The van der Waals surface area contributed by atoms with E-state index in [1.165, 1.54) is 22.3 Å². The fraction of sp³-hybridized carbons (Fsp3) is 0. The van der Waals surface area contributed by atoms with E-state index < -0.39 is 0 Å². The Labute approximate surface area is 389 Å². The second-order valence-corrected chi connectivity index (χ2v) is 16.8. The molecule has 0 aliphatic heterocycles. The van der Waals surface area contributed by atoms with Crippen molar-refractivity contribution >= 4 is 21.9 Å². The minimum Gasteiger partial charge on any atom is -0.455 e. The van der Waals surface area contributed by atoms with Crippen LogP contribution < -0.4 is 0 Å². The van der Waals surface area contributed by atoms with Crippen molar-refractivity contribution in [2.24, 2.45) is 0 Å². The van der Waals surface area contributed by atoms with E-state index in [4.69, 9.17) is 19.4 Å². The summed E-state index contributed by atoms with van der Waals surface area (Å²) in [4.78, 5) is 16.0. The van der Waals surface area contributed by atoms with Crippen LogP contribution >= 0.6 is 0 Å². The van der Waals surface area contributed by atoms with Crippen LogP contribution in [-0.4, -0.2) is 15.0 Å². The Bertz CT molecular complexity index is 3640. The van der Waals surface area contributed by atoms with E-state index in [0.717, 1.165) is 83.1 Å². The molecule has 0 amide bonds. The summed E-state index contributed by atoms with van der Waals surface area (Å²) < 4.78 is 6.79. The first-order valence-corrected chi connectivity index (χ1v) is 22.6. The number of fused-ring (bicyclic) bond motifs is 3. The lowest BCUT2D eigenvalue weighted by molar-refractivity contribution is 0.670. The third-order valence-corrected chi connectivity index (χ3v) is 12.6. The molecule has 4 nitrogen and oxygen atoms in total. The summed E-state index contributed by atoms with van der Waals surface area (Å²) >= 11 is 0. The Morgan fingerprint density at radius 1 is 0.239 bits per heavy atom. The summed E-state index contributed by atoms with van der Waals surface area (Å²) in [5.74, 6) is 1.73. The maximum Gasteiger partial charge on any atom is 0.164 e. The summed E-state index contributed by atoms with van der Waals surface area (Å²) in [6, 6.07) is 87.0. The smallest absolute Gasteiger partial charge is 0.164 e. The summed E-state index contributed by atoms with van der Waals surface area (Å²) in [5.41, 5.74) is 17.7. The number of hydrogen-bond acceptors (Lipinski definition) is 4. The molecular formula is C63H41N3O. The van der Waals surface area contributed by atoms with Gasteiger partial charge in [-0.25, -0.2) is 15.0 Å². The van der Waals surface area contributed by atoms with Gasteiger partial charge in [0.25, 0.3) is 0 Å². The van der Waals surface area contributed by atoms with E-state index in [2.05, 4.69) is 212 Å². The first-order chi connectivity index (χ1) is 33.2. The van der Waals surface area contributed by atoms with Gasteiger partial charge in [0.05, 0.1) is 0 Å². The lowest BCUT2D eigenvalue weighted by atomic mass is 9.95. The maximum absolute atomic E-state index is 6.79. The first kappa shape index (κ1) is 39.6. The van der Waals surface area contributed by atoms with Crippen molar-refractivity contribution in [2.75, 3.05) is 0 Å². The largest absolute Gasteiger partial charge is 0.455 e. The average molecular weight is 856 g/mol. The molecule has 2 heterocycles. The number of para-hydroxylation sites is 1. The van der Waals surface area contributed by atoms with Gasteiger partial charge in [-0.3, -0.25) is 0 Å². The third kappa shape index (κ3) is 7.77. The highest BCUT2D eigenvalue weighted by atomic mass is 16.3. The van der Waals surface area contributed by atoms with Crippen LogP contribution in [-0.2, 0) is 0 Å². The van der Waals surface area contributed by atoms with Crippen molar-refractivity contribution < 1.29 is 4.42 Å². The first-order valence-electron chi connectivity index (χ1n) is 22.6. The fourth-order valence-corrected chi connectivity index (χ4v) is 9.16. The van der Waals surface area contributed by atoms with Crippen LogP contribution in [0, 0.1) is 0 Å². The van der Waals surface area contributed by atoms with E-state index in [1.807, 2.05) is 36.4 Å². The normalized spacial score (nSPS) is 11.3. The number of aromatic nitrogens is 3. The summed E-state index contributed by atoms with van der Waals surface area (Å²) in [7, 11) is 0. The number of benzene rings is 10. The van der Waals surface area contributed by atoms with Crippen molar-refractivity contribution in [1.82, 2.24) is 15.0 Å². The molecule has 0 atom stereocenters. The van der Waals surface area contributed by atoms with Crippen LogP contribution in [0.25, 0.3) is 123 Å². The van der Waals surface area contributed by atoms with Crippen molar-refractivity contribution in [1.29, 1.82) is 0 Å². The molecule has 2 aromatic heterocycles. The van der Waals surface area contributed by atoms with Gasteiger partial charge in [-0.05, 0) is 91.5 Å². The highest BCUT2D eigenvalue weighted by Gasteiger charge is 2.21. The Hall–Kier alpha value is -8.99. The second-order valence-electron chi connectivity index (χ2n) is 16.8. The number of furan rings is 1. The van der Waals surface area contributed by atoms with Crippen molar-refractivity contribution in [2.45, 2.75) is 0 Å². The zero-order valence-electron chi connectivity index (χ0n) is 36.4. The highest BCUT2D eigenvalue weighted by molar-refractivity contribution is 6.15. The number of rotatable bonds is 9. The third-order valence-electron chi connectivity index (χ3n) is 12.6. The maximum atomic E-state index is 6.79. The van der Waals surface area contributed by atoms with E-state index in [-0.39, 0.29) is 0 Å². The topological polar surface area (TPSA) is 51.8 Å². The molecule has 12 aromatic rings. The minimum atomic E-state index is 0.567. The molecule has 0 unspecified atom stereocenters. The predicted molar refractivity (Wildman–Crippen MR) is 276 cm³/mol. The highest BCUT2D eigenvalue weighted by Crippen LogP contribution is 2.41. The lowest BCUT2D eigenvalue weighted by Gasteiger charge is -2.13. The molecule has 0 aliphatic rings. The van der Waals surface area contributed by atoms with Crippen molar-refractivity contribution in [3.8, 4) is 101 Å². The molecule has 10 aromatic carbocycles. The summed E-state index contributed by atoms with van der Waals surface area (Å²) in [6.45, 7) is 0. The van der Waals surface area contributed by atoms with Gasteiger partial charge in [-0.1, -0.05) is 218 Å². The predicted octanol–water partition coefficient (Wildman–Crippen LogP) is 16.8. The second kappa shape index (κ2) is 17.2. The minimum absolute atomic E-state index is 0.567. The van der Waals surface area contributed by atoms with Crippen molar-refractivity contribution in [3.63, 3.8) is 0 Å². The standard InChI is InChI=1S/C63H41N3O/c1-5-16-42(17-6-1)46-30-34-48(35-31-46)55-26-14-27-56-59-57(28-15-29-58(59)67-60(55)56)63-65-61(49-36-32-47(33-37-49)51-25-13-24-50(38-51)43-18-7-2-8-19-43)64-62(66-63)54-40-52(44-20-9-3-10-21-44)39-53(41-54)45-22-11-4-12-23-45/h1-41H. The molecule has 12 rings (SSSR count). The van der Waals surface area contributed by atoms with E-state index in [9.17, 15) is 0 Å².